The zero-order valence-electron chi connectivity index (χ0n) is 16.8. The van der Waals surface area contributed by atoms with Crippen LogP contribution in [0.3, 0.4) is 0 Å². The standard InChI is InChI=1S/C23H22Cl2N2O4/c24-13-9-18-17(19(25)10-13)11-20(26-8-7-15(28)12-26)23(18)31-16-3-1-14(2-4-16)27-21(29)5-6-22(27)30/h1-4,9-10,15,20,23,28H,5-8,11-12H2/t15-,20-,23+/m1/s1. The Hall–Kier alpha value is -2.12. The van der Waals surface area contributed by atoms with E-state index in [9.17, 15) is 14.7 Å². The second-order valence-corrected chi connectivity index (χ2v) is 9.16. The monoisotopic (exact) mass is 460 g/mol. The quantitative estimate of drug-likeness (QED) is 0.703. The third-order valence-corrected chi connectivity index (χ3v) is 6.89. The summed E-state index contributed by atoms with van der Waals surface area (Å²) in [6, 6.07) is 10.7. The van der Waals surface area contributed by atoms with Crippen LogP contribution in [0.2, 0.25) is 10.0 Å². The Morgan fingerprint density at radius 2 is 1.74 bits per heavy atom. The number of anilines is 1. The Morgan fingerprint density at radius 3 is 2.39 bits per heavy atom. The Morgan fingerprint density at radius 1 is 1.03 bits per heavy atom. The zero-order valence-corrected chi connectivity index (χ0v) is 18.3. The highest BCUT2D eigenvalue weighted by Crippen LogP contribution is 2.43. The SMILES string of the molecule is O=C1CCC(=O)N1c1ccc(O[C@H]2c3cc(Cl)cc(Cl)c3C[C@H]2N2CC[C@@H](O)C2)cc1. The molecule has 3 atom stereocenters. The fraction of sp³-hybridized carbons (Fsp3) is 0.391. The molecule has 2 fully saturated rings. The van der Waals surface area contributed by atoms with Crippen LogP contribution in [0, 0.1) is 0 Å². The van der Waals surface area contributed by atoms with Gasteiger partial charge in [0, 0.05) is 41.5 Å². The smallest absolute Gasteiger partial charge is 0.234 e. The first-order valence-corrected chi connectivity index (χ1v) is 11.2. The highest BCUT2D eigenvalue weighted by molar-refractivity contribution is 6.35. The third-order valence-electron chi connectivity index (χ3n) is 6.34. The van der Waals surface area contributed by atoms with Crippen LogP contribution in [0.1, 0.15) is 36.5 Å². The molecule has 162 valence electrons. The Labute approximate surface area is 190 Å². The van der Waals surface area contributed by atoms with Crippen LogP contribution in [0.5, 0.6) is 5.75 Å². The van der Waals surface area contributed by atoms with Crippen molar-refractivity contribution in [3.63, 3.8) is 0 Å². The van der Waals surface area contributed by atoms with Gasteiger partial charge in [0.25, 0.3) is 0 Å². The van der Waals surface area contributed by atoms with Gasteiger partial charge in [0.15, 0.2) is 0 Å². The number of carbonyl (C=O) groups is 2. The average molecular weight is 461 g/mol. The van der Waals surface area contributed by atoms with Crippen molar-refractivity contribution in [1.82, 2.24) is 4.90 Å². The molecule has 0 saturated carbocycles. The van der Waals surface area contributed by atoms with Gasteiger partial charge < -0.3 is 9.84 Å². The van der Waals surface area contributed by atoms with Crippen LogP contribution in [0.4, 0.5) is 5.69 Å². The second kappa shape index (κ2) is 8.10. The first-order valence-electron chi connectivity index (χ1n) is 10.4. The predicted molar refractivity (Wildman–Crippen MR) is 118 cm³/mol. The van der Waals surface area contributed by atoms with Crippen LogP contribution in [0.15, 0.2) is 36.4 Å². The van der Waals surface area contributed by atoms with Crippen molar-refractivity contribution < 1.29 is 19.4 Å². The van der Waals surface area contributed by atoms with Gasteiger partial charge in [-0.15, -0.1) is 0 Å². The van der Waals surface area contributed by atoms with Gasteiger partial charge in [0.1, 0.15) is 11.9 Å². The first kappa shape index (κ1) is 20.8. The summed E-state index contributed by atoms with van der Waals surface area (Å²) in [4.78, 5) is 27.4. The molecule has 2 aliphatic heterocycles. The summed E-state index contributed by atoms with van der Waals surface area (Å²) in [7, 11) is 0. The van der Waals surface area contributed by atoms with Crippen molar-refractivity contribution in [1.29, 1.82) is 0 Å². The highest BCUT2D eigenvalue weighted by atomic mass is 35.5. The number of aliphatic hydroxyl groups excluding tert-OH is 1. The Balaban J connectivity index is 1.43. The summed E-state index contributed by atoms with van der Waals surface area (Å²) in [5.41, 5.74) is 2.53. The molecular weight excluding hydrogens is 439 g/mol. The number of hydrogen-bond acceptors (Lipinski definition) is 5. The number of benzene rings is 2. The second-order valence-electron chi connectivity index (χ2n) is 8.32. The van der Waals surface area contributed by atoms with Crippen molar-refractivity contribution in [2.45, 2.75) is 43.9 Å². The van der Waals surface area contributed by atoms with Gasteiger partial charge in [-0.2, -0.15) is 0 Å². The van der Waals surface area contributed by atoms with Crippen LogP contribution < -0.4 is 9.64 Å². The summed E-state index contributed by atoms with van der Waals surface area (Å²) in [5, 5.41) is 11.2. The van der Waals surface area contributed by atoms with E-state index >= 15 is 0 Å². The summed E-state index contributed by atoms with van der Waals surface area (Å²) in [6.07, 6.45) is 1.33. The van der Waals surface area contributed by atoms with Gasteiger partial charge in [-0.25, -0.2) is 0 Å². The van der Waals surface area contributed by atoms with Crippen molar-refractivity contribution in [2.75, 3.05) is 18.0 Å². The molecule has 6 nitrogen and oxygen atoms in total. The maximum atomic E-state index is 12.0. The van der Waals surface area contributed by atoms with E-state index in [-0.39, 0.29) is 42.9 Å². The fourth-order valence-electron chi connectivity index (χ4n) is 4.83. The molecule has 1 N–H and O–H groups in total. The minimum Gasteiger partial charge on any atom is -0.484 e. The molecule has 0 aromatic heterocycles. The number of likely N-dealkylation sites (tertiary alicyclic amines) is 1. The molecule has 2 heterocycles. The number of carbonyl (C=O) groups excluding carboxylic acids is 2. The lowest BCUT2D eigenvalue weighted by molar-refractivity contribution is -0.121. The van der Waals surface area contributed by atoms with E-state index in [1.807, 2.05) is 6.07 Å². The number of aliphatic hydroxyl groups is 1. The van der Waals surface area contributed by atoms with Gasteiger partial charge in [-0.3, -0.25) is 19.4 Å². The summed E-state index contributed by atoms with van der Waals surface area (Å²) >= 11 is 12.8. The van der Waals surface area contributed by atoms with Gasteiger partial charge in [-0.1, -0.05) is 23.2 Å². The summed E-state index contributed by atoms with van der Waals surface area (Å²) in [6.45, 7) is 1.39. The van der Waals surface area contributed by atoms with E-state index in [1.165, 1.54) is 4.90 Å². The molecule has 0 bridgehead atoms. The van der Waals surface area contributed by atoms with E-state index in [2.05, 4.69) is 4.90 Å². The molecule has 0 radical (unpaired) electrons. The van der Waals surface area contributed by atoms with Gasteiger partial charge in [0.05, 0.1) is 17.8 Å². The van der Waals surface area contributed by atoms with E-state index in [4.69, 9.17) is 27.9 Å². The number of halogens is 2. The molecule has 8 heteroatoms. The molecule has 2 saturated heterocycles. The van der Waals surface area contributed by atoms with E-state index in [0.29, 0.717) is 28.0 Å². The van der Waals surface area contributed by atoms with Crippen LogP contribution in [-0.2, 0) is 16.0 Å². The van der Waals surface area contributed by atoms with Crippen LogP contribution in [-0.4, -0.2) is 47.1 Å². The van der Waals surface area contributed by atoms with Crippen LogP contribution >= 0.6 is 23.2 Å². The van der Waals surface area contributed by atoms with Crippen molar-refractivity contribution in [2.24, 2.45) is 0 Å². The predicted octanol–water partition coefficient (Wildman–Crippen LogP) is 3.76. The topological polar surface area (TPSA) is 70.1 Å². The lowest BCUT2D eigenvalue weighted by Crippen LogP contribution is -2.39. The lowest BCUT2D eigenvalue weighted by Gasteiger charge is -2.30. The Bertz CT molecular complexity index is 1030. The fourth-order valence-corrected chi connectivity index (χ4v) is 5.42. The molecule has 2 aromatic carbocycles. The van der Waals surface area contributed by atoms with Gasteiger partial charge >= 0.3 is 0 Å². The molecular formula is C23H22Cl2N2O4. The number of hydrogen-bond donors (Lipinski definition) is 1. The Kier molecular flexibility index (Phi) is 5.42. The van der Waals surface area contributed by atoms with Crippen molar-refractivity contribution in [3.8, 4) is 5.75 Å². The normalized spacial score (nSPS) is 26.0. The molecule has 3 aliphatic rings. The molecule has 2 amide bonds. The van der Waals surface area contributed by atoms with E-state index in [0.717, 1.165) is 30.5 Å². The van der Waals surface area contributed by atoms with Crippen molar-refractivity contribution >= 4 is 40.7 Å². The lowest BCUT2D eigenvalue weighted by atomic mass is 10.1. The summed E-state index contributed by atoms with van der Waals surface area (Å²) in [5.74, 6) is 0.266. The number of fused-ring (bicyclic) bond motifs is 1. The zero-order chi connectivity index (χ0) is 21.7. The largest absolute Gasteiger partial charge is 0.484 e. The molecule has 1 aliphatic carbocycles. The maximum absolute atomic E-state index is 12.0. The highest BCUT2D eigenvalue weighted by Gasteiger charge is 2.41. The summed E-state index contributed by atoms with van der Waals surface area (Å²) < 4.78 is 6.41. The van der Waals surface area contributed by atoms with Crippen molar-refractivity contribution in [3.05, 3.63) is 57.6 Å². The maximum Gasteiger partial charge on any atom is 0.234 e. The molecule has 0 spiro atoms. The first-order chi connectivity index (χ1) is 14.9. The number of rotatable bonds is 4. The third kappa shape index (κ3) is 3.82. The average Bonchev–Trinajstić information content (AvgIpc) is 3.41. The van der Waals surface area contributed by atoms with Gasteiger partial charge in [0.2, 0.25) is 11.8 Å². The number of amides is 2. The minimum atomic E-state index is -0.335. The molecule has 0 unspecified atom stereocenters. The number of nitrogens with zero attached hydrogens (tertiary/aromatic N) is 2. The van der Waals surface area contributed by atoms with E-state index < -0.39 is 0 Å². The number of β-amino-alcohol motifs (C(OH)–C–C–N with tert-alkyl or cyclic N) is 1. The van der Waals surface area contributed by atoms with Crippen LogP contribution in [0.25, 0.3) is 0 Å². The molecule has 31 heavy (non-hydrogen) atoms. The molecule has 2 aromatic rings. The minimum absolute atomic E-state index is 0.0320. The number of imide groups is 1. The van der Waals surface area contributed by atoms with Gasteiger partial charge in [-0.05, 0) is 54.8 Å². The van der Waals surface area contributed by atoms with E-state index in [1.54, 1.807) is 30.3 Å². The number of ether oxygens (including phenoxy) is 1. The molecule has 5 rings (SSSR count).